The van der Waals surface area contributed by atoms with Crippen molar-refractivity contribution in [3.05, 3.63) is 66.1 Å². The molecule has 2 aromatic heterocycles. The number of pyridine rings is 1. The minimum Gasteiger partial charge on any atom is -0.304 e. The number of sulfonamides is 1. The van der Waals surface area contributed by atoms with Crippen LogP contribution in [0.1, 0.15) is 50.8 Å². The van der Waals surface area contributed by atoms with Crippen molar-refractivity contribution in [3.8, 4) is 0 Å². The van der Waals surface area contributed by atoms with Crippen LogP contribution in [-0.2, 0) is 15.4 Å². The summed E-state index contributed by atoms with van der Waals surface area (Å²) in [7, 11) is -3.45. The third kappa shape index (κ3) is 3.47. The Balaban J connectivity index is 1.49. The van der Waals surface area contributed by atoms with Crippen LogP contribution < -0.4 is 0 Å². The summed E-state index contributed by atoms with van der Waals surface area (Å²) in [6.45, 7) is 7.45. The fourth-order valence-corrected chi connectivity index (χ4v) is 5.39. The molecule has 6 heteroatoms. The maximum absolute atomic E-state index is 13.1. The largest absolute Gasteiger partial charge is 0.304 e. The molecule has 0 saturated carbocycles. The number of benzene rings is 1. The standard InChI is InChI=1S/C22H27N3O2S/c1-22(2,3)18-7-9-19(10-8-18)28(26,27)24-14-11-17(12-15-24)20-16-23-21-6-4-5-13-25(20)21/h4-10,13,16-17H,11-12,14-15H2,1-3H3. The van der Waals surface area contributed by atoms with Gasteiger partial charge in [0.25, 0.3) is 0 Å². The lowest BCUT2D eigenvalue weighted by molar-refractivity contribution is 0.316. The second-order valence-electron chi connectivity index (χ2n) is 8.56. The van der Waals surface area contributed by atoms with E-state index in [1.165, 1.54) is 5.69 Å². The van der Waals surface area contributed by atoms with Crippen molar-refractivity contribution >= 4 is 15.7 Å². The summed E-state index contributed by atoms with van der Waals surface area (Å²) in [5.41, 5.74) is 3.25. The monoisotopic (exact) mass is 397 g/mol. The van der Waals surface area contributed by atoms with E-state index in [9.17, 15) is 8.42 Å². The van der Waals surface area contributed by atoms with Gasteiger partial charge in [0.2, 0.25) is 10.0 Å². The number of rotatable bonds is 3. The van der Waals surface area contributed by atoms with Crippen LogP contribution in [0.4, 0.5) is 0 Å². The highest BCUT2D eigenvalue weighted by molar-refractivity contribution is 7.89. The lowest BCUT2D eigenvalue weighted by Gasteiger charge is -2.31. The molecule has 1 saturated heterocycles. The highest BCUT2D eigenvalue weighted by atomic mass is 32.2. The van der Waals surface area contributed by atoms with Gasteiger partial charge in [-0.25, -0.2) is 13.4 Å². The number of hydrogen-bond donors (Lipinski definition) is 0. The van der Waals surface area contributed by atoms with Crippen LogP contribution in [0, 0.1) is 0 Å². The minimum atomic E-state index is -3.45. The molecule has 0 N–H and O–H groups in total. The average Bonchev–Trinajstić information content (AvgIpc) is 3.12. The van der Waals surface area contributed by atoms with Gasteiger partial charge in [-0.15, -0.1) is 0 Å². The summed E-state index contributed by atoms with van der Waals surface area (Å²) in [6.07, 6.45) is 5.57. The molecule has 0 amide bonds. The number of hydrogen-bond acceptors (Lipinski definition) is 3. The molecule has 1 fully saturated rings. The molecule has 1 aliphatic heterocycles. The van der Waals surface area contributed by atoms with Gasteiger partial charge in [0, 0.05) is 37.1 Å². The van der Waals surface area contributed by atoms with E-state index in [1.807, 2.05) is 42.7 Å². The third-order valence-corrected chi connectivity index (χ3v) is 7.59. The zero-order valence-electron chi connectivity index (χ0n) is 16.7. The van der Waals surface area contributed by atoms with Crippen LogP contribution in [0.25, 0.3) is 5.65 Å². The normalized spacial score (nSPS) is 17.2. The number of imidazole rings is 1. The third-order valence-electron chi connectivity index (χ3n) is 5.68. The summed E-state index contributed by atoms with van der Waals surface area (Å²) in [4.78, 5) is 4.85. The van der Waals surface area contributed by atoms with Crippen molar-refractivity contribution in [3.63, 3.8) is 0 Å². The van der Waals surface area contributed by atoms with Crippen LogP contribution in [-0.4, -0.2) is 35.2 Å². The van der Waals surface area contributed by atoms with Crippen molar-refractivity contribution in [2.24, 2.45) is 0 Å². The second kappa shape index (κ2) is 7.01. The first-order valence-electron chi connectivity index (χ1n) is 9.79. The molecule has 1 aliphatic rings. The topological polar surface area (TPSA) is 54.7 Å². The number of nitrogens with zero attached hydrogens (tertiary/aromatic N) is 3. The Labute approximate surface area is 167 Å². The van der Waals surface area contributed by atoms with E-state index in [2.05, 4.69) is 30.2 Å². The lowest BCUT2D eigenvalue weighted by atomic mass is 9.87. The molecule has 0 unspecified atom stereocenters. The molecule has 0 aliphatic carbocycles. The summed E-state index contributed by atoms with van der Waals surface area (Å²) < 4.78 is 29.9. The predicted octanol–water partition coefficient (Wildman–Crippen LogP) is 4.20. The van der Waals surface area contributed by atoms with Crippen LogP contribution >= 0.6 is 0 Å². The van der Waals surface area contributed by atoms with Gasteiger partial charge in [-0.3, -0.25) is 0 Å². The number of fused-ring (bicyclic) bond motifs is 1. The predicted molar refractivity (Wildman–Crippen MR) is 111 cm³/mol. The van der Waals surface area contributed by atoms with Gasteiger partial charge in [-0.05, 0) is 48.1 Å². The second-order valence-corrected chi connectivity index (χ2v) is 10.5. The summed E-state index contributed by atoms with van der Waals surface area (Å²) in [5.74, 6) is 0.326. The molecule has 3 heterocycles. The molecule has 0 radical (unpaired) electrons. The maximum atomic E-state index is 13.1. The van der Waals surface area contributed by atoms with Crippen molar-refractivity contribution in [1.82, 2.24) is 13.7 Å². The quantitative estimate of drug-likeness (QED) is 0.666. The first-order chi connectivity index (χ1) is 13.3. The van der Waals surface area contributed by atoms with Crippen molar-refractivity contribution in [1.29, 1.82) is 0 Å². The van der Waals surface area contributed by atoms with E-state index in [0.29, 0.717) is 23.9 Å². The van der Waals surface area contributed by atoms with Gasteiger partial charge in [-0.1, -0.05) is 39.0 Å². The molecule has 4 rings (SSSR count). The molecule has 28 heavy (non-hydrogen) atoms. The SMILES string of the molecule is CC(C)(C)c1ccc(S(=O)(=O)N2CCC(c3cnc4ccccn34)CC2)cc1. The summed E-state index contributed by atoms with van der Waals surface area (Å²) in [6, 6.07) is 13.3. The molecule has 1 aromatic carbocycles. The van der Waals surface area contributed by atoms with E-state index < -0.39 is 10.0 Å². The molecule has 0 spiro atoms. The molecule has 3 aromatic rings. The Kier molecular flexibility index (Phi) is 4.79. The zero-order valence-corrected chi connectivity index (χ0v) is 17.5. The molecule has 5 nitrogen and oxygen atoms in total. The Morgan fingerprint density at radius 2 is 1.68 bits per heavy atom. The molecule has 148 valence electrons. The van der Waals surface area contributed by atoms with E-state index >= 15 is 0 Å². The highest BCUT2D eigenvalue weighted by Gasteiger charge is 2.31. The molecular formula is C22H27N3O2S. The Bertz CT molecular complexity index is 1070. The van der Waals surface area contributed by atoms with Crippen LogP contribution in [0.2, 0.25) is 0 Å². The number of aromatic nitrogens is 2. The molecule has 0 bridgehead atoms. The minimum absolute atomic E-state index is 0.00859. The summed E-state index contributed by atoms with van der Waals surface area (Å²) in [5, 5.41) is 0. The van der Waals surface area contributed by atoms with Crippen molar-refractivity contribution < 1.29 is 8.42 Å². The summed E-state index contributed by atoms with van der Waals surface area (Å²) >= 11 is 0. The maximum Gasteiger partial charge on any atom is 0.243 e. The first-order valence-corrected chi connectivity index (χ1v) is 11.2. The smallest absolute Gasteiger partial charge is 0.243 e. The first kappa shape index (κ1) is 19.2. The lowest BCUT2D eigenvalue weighted by Crippen LogP contribution is -2.38. The van der Waals surface area contributed by atoms with E-state index in [0.717, 1.165) is 24.1 Å². The van der Waals surface area contributed by atoms with Gasteiger partial charge in [0.15, 0.2) is 0 Å². The van der Waals surface area contributed by atoms with Gasteiger partial charge >= 0.3 is 0 Å². The molecular weight excluding hydrogens is 370 g/mol. The van der Waals surface area contributed by atoms with Gasteiger partial charge in [0.05, 0.1) is 4.90 Å². The van der Waals surface area contributed by atoms with Crippen molar-refractivity contribution in [2.45, 2.75) is 49.8 Å². The Morgan fingerprint density at radius 3 is 2.32 bits per heavy atom. The van der Waals surface area contributed by atoms with E-state index in [1.54, 1.807) is 16.4 Å². The fourth-order valence-electron chi connectivity index (χ4n) is 3.92. The van der Waals surface area contributed by atoms with Gasteiger partial charge < -0.3 is 4.40 Å². The fraction of sp³-hybridized carbons (Fsp3) is 0.409. The van der Waals surface area contributed by atoms with Gasteiger partial charge in [0.1, 0.15) is 5.65 Å². The van der Waals surface area contributed by atoms with Crippen LogP contribution in [0.3, 0.4) is 0 Å². The zero-order chi connectivity index (χ0) is 19.9. The van der Waals surface area contributed by atoms with E-state index in [-0.39, 0.29) is 5.41 Å². The highest BCUT2D eigenvalue weighted by Crippen LogP contribution is 2.31. The average molecular weight is 398 g/mol. The van der Waals surface area contributed by atoms with E-state index in [4.69, 9.17) is 0 Å². The number of piperidine rings is 1. The van der Waals surface area contributed by atoms with Gasteiger partial charge in [-0.2, -0.15) is 4.31 Å². The van der Waals surface area contributed by atoms with Crippen LogP contribution in [0.15, 0.2) is 59.8 Å². The Hall–Kier alpha value is -2.18. The van der Waals surface area contributed by atoms with Crippen molar-refractivity contribution in [2.75, 3.05) is 13.1 Å². The molecule has 0 atom stereocenters. The van der Waals surface area contributed by atoms with Crippen LogP contribution in [0.5, 0.6) is 0 Å². The Morgan fingerprint density at radius 1 is 1.00 bits per heavy atom.